The van der Waals surface area contributed by atoms with Gasteiger partial charge in [0.25, 0.3) is 0 Å². The number of nitrogens with zero attached hydrogens (tertiary/aromatic N) is 2. The van der Waals surface area contributed by atoms with E-state index in [-0.39, 0.29) is 12.0 Å². The van der Waals surface area contributed by atoms with Gasteiger partial charge in [0.1, 0.15) is 23.7 Å². The Bertz CT molecular complexity index is 755. The van der Waals surface area contributed by atoms with Crippen LogP contribution < -0.4 is 10.1 Å². The lowest BCUT2D eigenvalue weighted by molar-refractivity contribution is -0.134. The Labute approximate surface area is 159 Å². The minimum absolute atomic E-state index is 0.0870. The fourth-order valence-electron chi connectivity index (χ4n) is 3.14. The van der Waals surface area contributed by atoms with Gasteiger partial charge in [0.2, 0.25) is 5.91 Å². The van der Waals surface area contributed by atoms with Crippen molar-refractivity contribution >= 4 is 5.91 Å². The van der Waals surface area contributed by atoms with Crippen LogP contribution in [0.1, 0.15) is 37.2 Å². The molecule has 1 saturated heterocycles. The first-order chi connectivity index (χ1) is 13.1. The Morgan fingerprint density at radius 3 is 3.00 bits per heavy atom. The van der Waals surface area contributed by atoms with Gasteiger partial charge < -0.3 is 24.1 Å². The molecule has 7 heteroatoms. The number of rotatable bonds is 8. The second-order valence-corrected chi connectivity index (χ2v) is 6.73. The molecule has 2 aromatic rings. The molecule has 0 radical (unpaired) electrons. The molecule has 1 aromatic carbocycles. The lowest BCUT2D eigenvalue weighted by Crippen LogP contribution is -2.39. The van der Waals surface area contributed by atoms with Gasteiger partial charge in [-0.05, 0) is 37.5 Å². The van der Waals surface area contributed by atoms with Crippen LogP contribution in [0.4, 0.5) is 0 Å². The maximum Gasteiger partial charge on any atom is 0.249 e. The molecule has 1 N–H and O–H groups in total. The second-order valence-electron chi connectivity index (χ2n) is 6.73. The fourth-order valence-corrected chi connectivity index (χ4v) is 3.14. The molecule has 1 aliphatic rings. The van der Waals surface area contributed by atoms with Crippen molar-refractivity contribution in [2.45, 2.75) is 38.0 Å². The van der Waals surface area contributed by atoms with Crippen LogP contribution in [0.15, 0.2) is 36.7 Å². The summed E-state index contributed by atoms with van der Waals surface area (Å²) < 4.78 is 18.5. The summed E-state index contributed by atoms with van der Waals surface area (Å²) in [4.78, 5) is 17.2. The fraction of sp³-hybridized carbons (Fsp3) is 0.500. The number of imidazole rings is 1. The summed E-state index contributed by atoms with van der Waals surface area (Å²) in [6.07, 6.45) is 5.10. The molecule has 1 amide bonds. The van der Waals surface area contributed by atoms with Gasteiger partial charge >= 0.3 is 0 Å². The predicted molar refractivity (Wildman–Crippen MR) is 101 cm³/mol. The van der Waals surface area contributed by atoms with Crippen LogP contribution in [-0.2, 0) is 21.3 Å². The Kier molecular flexibility index (Phi) is 6.47. The zero-order valence-corrected chi connectivity index (χ0v) is 16.1. The summed E-state index contributed by atoms with van der Waals surface area (Å²) in [5.41, 5.74) is 0.892. The zero-order valence-electron chi connectivity index (χ0n) is 16.1. The van der Waals surface area contributed by atoms with E-state index in [1.165, 1.54) is 0 Å². The highest BCUT2D eigenvalue weighted by Gasteiger charge is 2.25. The van der Waals surface area contributed by atoms with Gasteiger partial charge in [0, 0.05) is 26.0 Å². The zero-order chi connectivity index (χ0) is 19.2. The number of nitrogens with one attached hydrogen (secondary N) is 1. The maximum absolute atomic E-state index is 12.7. The Balaban J connectivity index is 1.72. The number of hydrogen-bond donors (Lipinski definition) is 1. The standard InChI is InChI=1S/C20H27N3O4/c1-14(27-13-17-8-5-11-26-17)20(24)22-18(19-21-9-10-23(19)2)15-6-4-7-16(12-15)25-3/h4,6-7,9-10,12,14,17-18H,5,8,11,13H2,1-3H3,(H,22,24). The third-order valence-corrected chi connectivity index (χ3v) is 4.76. The number of carbonyl (C=O) groups is 1. The summed E-state index contributed by atoms with van der Waals surface area (Å²) in [5, 5.41) is 3.06. The van der Waals surface area contributed by atoms with Gasteiger partial charge in [-0.2, -0.15) is 0 Å². The minimum atomic E-state index is -0.581. The SMILES string of the molecule is COc1cccc(C(NC(=O)C(C)OCC2CCCO2)c2nccn2C)c1. The smallest absolute Gasteiger partial charge is 0.249 e. The quantitative estimate of drug-likeness (QED) is 0.768. The van der Waals surface area contributed by atoms with Gasteiger partial charge in [-0.25, -0.2) is 4.98 Å². The van der Waals surface area contributed by atoms with E-state index >= 15 is 0 Å². The summed E-state index contributed by atoms with van der Waals surface area (Å²) in [5.74, 6) is 1.27. The van der Waals surface area contributed by atoms with Gasteiger partial charge in [-0.3, -0.25) is 4.79 Å². The number of aryl methyl sites for hydroxylation is 1. The van der Waals surface area contributed by atoms with Crippen LogP contribution in [0.3, 0.4) is 0 Å². The normalized spacial score (nSPS) is 18.9. The van der Waals surface area contributed by atoms with Gasteiger partial charge in [0.15, 0.2) is 0 Å². The number of carbonyl (C=O) groups excluding carboxylic acids is 1. The van der Waals surface area contributed by atoms with Crippen molar-refractivity contribution in [2.75, 3.05) is 20.3 Å². The van der Waals surface area contributed by atoms with Gasteiger partial charge in [-0.1, -0.05) is 12.1 Å². The highest BCUT2D eigenvalue weighted by atomic mass is 16.5. The first kappa shape index (κ1) is 19.4. The molecule has 3 unspecified atom stereocenters. The van der Waals surface area contributed by atoms with Crippen molar-refractivity contribution in [2.24, 2.45) is 7.05 Å². The first-order valence-electron chi connectivity index (χ1n) is 9.23. The Morgan fingerprint density at radius 1 is 1.48 bits per heavy atom. The summed E-state index contributed by atoms with van der Waals surface area (Å²) in [6, 6.07) is 7.21. The number of benzene rings is 1. The lowest BCUT2D eigenvalue weighted by atomic mass is 10.1. The lowest BCUT2D eigenvalue weighted by Gasteiger charge is -2.22. The Hall–Kier alpha value is -2.38. The molecule has 146 valence electrons. The van der Waals surface area contributed by atoms with E-state index in [4.69, 9.17) is 14.2 Å². The molecule has 7 nitrogen and oxygen atoms in total. The van der Waals surface area contributed by atoms with Crippen molar-refractivity contribution in [3.8, 4) is 5.75 Å². The molecule has 0 bridgehead atoms. The van der Waals surface area contributed by atoms with Crippen LogP contribution in [0.2, 0.25) is 0 Å². The average molecular weight is 373 g/mol. The topological polar surface area (TPSA) is 74.6 Å². The molecule has 3 atom stereocenters. The highest BCUT2D eigenvalue weighted by molar-refractivity contribution is 5.81. The number of amides is 1. The summed E-state index contributed by atoms with van der Waals surface area (Å²) in [6.45, 7) is 2.96. The minimum Gasteiger partial charge on any atom is -0.497 e. The first-order valence-corrected chi connectivity index (χ1v) is 9.23. The number of hydrogen-bond acceptors (Lipinski definition) is 5. The molecule has 3 rings (SSSR count). The largest absolute Gasteiger partial charge is 0.497 e. The Morgan fingerprint density at radius 2 is 2.33 bits per heavy atom. The van der Waals surface area contributed by atoms with Crippen molar-refractivity contribution in [3.63, 3.8) is 0 Å². The van der Waals surface area contributed by atoms with E-state index in [1.54, 1.807) is 20.2 Å². The van der Waals surface area contributed by atoms with E-state index in [0.29, 0.717) is 6.61 Å². The molecular weight excluding hydrogens is 346 g/mol. The molecule has 1 aromatic heterocycles. The van der Waals surface area contributed by atoms with Crippen molar-refractivity contribution in [1.82, 2.24) is 14.9 Å². The maximum atomic E-state index is 12.7. The van der Waals surface area contributed by atoms with E-state index in [9.17, 15) is 4.79 Å². The van der Waals surface area contributed by atoms with Gasteiger partial charge in [0.05, 0.1) is 19.8 Å². The summed E-state index contributed by atoms with van der Waals surface area (Å²) >= 11 is 0. The van der Waals surface area contributed by atoms with Crippen molar-refractivity contribution in [1.29, 1.82) is 0 Å². The molecule has 0 saturated carbocycles. The summed E-state index contributed by atoms with van der Waals surface area (Å²) in [7, 11) is 3.52. The molecule has 0 aliphatic carbocycles. The average Bonchev–Trinajstić information content (AvgIpc) is 3.35. The molecule has 1 aliphatic heterocycles. The second kappa shape index (κ2) is 9.01. The number of aromatic nitrogens is 2. The van der Waals surface area contributed by atoms with Crippen LogP contribution in [-0.4, -0.2) is 48.0 Å². The van der Waals surface area contributed by atoms with Crippen LogP contribution in [0.5, 0.6) is 5.75 Å². The number of methoxy groups -OCH3 is 1. The van der Waals surface area contributed by atoms with Crippen molar-refractivity contribution in [3.05, 3.63) is 48.0 Å². The van der Waals surface area contributed by atoms with Crippen molar-refractivity contribution < 1.29 is 19.0 Å². The number of ether oxygens (including phenoxy) is 3. The molecular formula is C20H27N3O4. The molecule has 1 fully saturated rings. The molecule has 27 heavy (non-hydrogen) atoms. The molecule has 0 spiro atoms. The molecule has 2 heterocycles. The predicted octanol–water partition coefficient (Wildman–Crippen LogP) is 2.22. The van der Waals surface area contributed by atoms with Gasteiger partial charge in [-0.15, -0.1) is 0 Å². The van der Waals surface area contributed by atoms with Crippen LogP contribution in [0.25, 0.3) is 0 Å². The van der Waals surface area contributed by atoms with E-state index < -0.39 is 12.1 Å². The van der Waals surface area contributed by atoms with Crippen LogP contribution >= 0.6 is 0 Å². The third kappa shape index (κ3) is 4.87. The van der Waals surface area contributed by atoms with E-state index in [2.05, 4.69) is 10.3 Å². The highest BCUT2D eigenvalue weighted by Crippen LogP contribution is 2.24. The monoisotopic (exact) mass is 373 g/mol. The van der Waals surface area contributed by atoms with E-state index in [1.807, 2.05) is 42.1 Å². The van der Waals surface area contributed by atoms with E-state index in [0.717, 1.165) is 36.6 Å². The van der Waals surface area contributed by atoms with Crippen LogP contribution in [0, 0.1) is 0 Å². The third-order valence-electron chi connectivity index (χ3n) is 4.76.